The summed E-state index contributed by atoms with van der Waals surface area (Å²) in [5.41, 5.74) is -1.84. The van der Waals surface area contributed by atoms with Gasteiger partial charge in [-0.05, 0) is 30.7 Å². The highest BCUT2D eigenvalue weighted by Gasteiger charge is 2.35. The third-order valence-corrected chi connectivity index (χ3v) is 4.96. The van der Waals surface area contributed by atoms with Gasteiger partial charge in [-0.15, -0.1) is 0 Å². The van der Waals surface area contributed by atoms with E-state index in [0.717, 1.165) is 18.2 Å². The highest BCUT2D eigenvalue weighted by atomic mass is 35.5. The molecule has 1 unspecified atom stereocenters. The fourth-order valence-electron chi connectivity index (χ4n) is 3.16. The molecule has 168 valence electrons. The van der Waals surface area contributed by atoms with Gasteiger partial charge in [0.15, 0.2) is 0 Å². The maximum atomic E-state index is 13.2. The molecule has 0 radical (unpaired) electrons. The van der Waals surface area contributed by atoms with Gasteiger partial charge >= 0.3 is 12.4 Å². The van der Waals surface area contributed by atoms with E-state index in [1.165, 1.54) is 19.1 Å². The average Bonchev–Trinajstić information content (AvgIpc) is 2.72. The van der Waals surface area contributed by atoms with Crippen LogP contribution in [-0.2, 0) is 12.4 Å². The molecule has 1 N–H and O–H groups in total. The molecule has 0 fully saturated rings. The summed E-state index contributed by atoms with van der Waals surface area (Å²) < 4.78 is 78.4. The smallest absolute Gasteiger partial charge is 0.345 e. The van der Waals surface area contributed by atoms with Gasteiger partial charge in [0.1, 0.15) is 0 Å². The molecule has 3 aromatic rings. The Morgan fingerprint density at radius 1 is 0.969 bits per heavy atom. The Bertz CT molecular complexity index is 1140. The van der Waals surface area contributed by atoms with E-state index in [-0.39, 0.29) is 10.7 Å². The van der Waals surface area contributed by atoms with Crippen LogP contribution in [0.5, 0.6) is 0 Å². The van der Waals surface area contributed by atoms with Gasteiger partial charge in [-0.3, -0.25) is 9.78 Å². The molecular weight excluding hydrogens is 458 g/mol. The predicted octanol–water partition coefficient (Wildman–Crippen LogP) is 6.93. The second kappa shape index (κ2) is 8.82. The maximum absolute atomic E-state index is 13.2. The normalized spacial score (nSPS) is 13.0. The van der Waals surface area contributed by atoms with Gasteiger partial charge < -0.3 is 5.32 Å². The Morgan fingerprint density at radius 2 is 1.59 bits per heavy atom. The van der Waals surface area contributed by atoms with Crippen molar-refractivity contribution in [3.63, 3.8) is 0 Å². The first-order chi connectivity index (χ1) is 14.9. The summed E-state index contributed by atoms with van der Waals surface area (Å²) in [4.78, 5) is 16.4. The van der Waals surface area contributed by atoms with Crippen LogP contribution in [0, 0.1) is 0 Å². The number of nitrogens with one attached hydrogen (secondary N) is 1. The lowest BCUT2D eigenvalue weighted by atomic mass is 9.97. The molecule has 0 spiro atoms. The van der Waals surface area contributed by atoms with Crippen LogP contribution in [-0.4, -0.2) is 10.9 Å². The van der Waals surface area contributed by atoms with Crippen molar-refractivity contribution in [1.29, 1.82) is 0 Å². The number of benzene rings is 2. The van der Waals surface area contributed by atoms with E-state index in [0.29, 0.717) is 17.3 Å². The van der Waals surface area contributed by atoms with Gasteiger partial charge in [-0.1, -0.05) is 48.0 Å². The maximum Gasteiger partial charge on any atom is 0.417 e. The van der Waals surface area contributed by atoms with Crippen LogP contribution in [0.2, 0.25) is 5.02 Å². The van der Waals surface area contributed by atoms with E-state index in [1.807, 2.05) is 0 Å². The van der Waals surface area contributed by atoms with Crippen molar-refractivity contribution in [1.82, 2.24) is 10.3 Å². The number of amides is 1. The Kier molecular flexibility index (Phi) is 6.50. The highest BCUT2D eigenvalue weighted by Crippen LogP contribution is 2.37. The summed E-state index contributed by atoms with van der Waals surface area (Å²) in [7, 11) is 0. The lowest BCUT2D eigenvalue weighted by Gasteiger charge is -2.20. The van der Waals surface area contributed by atoms with Gasteiger partial charge in [0.05, 0.1) is 33.4 Å². The molecule has 1 aromatic heterocycles. The summed E-state index contributed by atoms with van der Waals surface area (Å²) in [6.45, 7) is 1.53. The van der Waals surface area contributed by atoms with Crippen molar-refractivity contribution >= 4 is 17.5 Å². The molecule has 32 heavy (non-hydrogen) atoms. The number of carbonyl (C=O) groups excluding carboxylic acids is 1. The van der Waals surface area contributed by atoms with Gasteiger partial charge in [0.25, 0.3) is 5.91 Å². The molecule has 0 aliphatic heterocycles. The Morgan fingerprint density at radius 3 is 2.22 bits per heavy atom. The zero-order valence-electron chi connectivity index (χ0n) is 16.4. The molecule has 0 aliphatic rings. The van der Waals surface area contributed by atoms with Crippen molar-refractivity contribution in [3.8, 4) is 11.3 Å². The number of halogens is 7. The lowest BCUT2D eigenvalue weighted by Crippen LogP contribution is -2.29. The quantitative estimate of drug-likeness (QED) is 0.418. The third-order valence-electron chi connectivity index (χ3n) is 4.68. The molecule has 0 aliphatic carbocycles. The van der Waals surface area contributed by atoms with Crippen molar-refractivity contribution in [2.75, 3.05) is 0 Å². The molecule has 0 saturated carbocycles. The minimum atomic E-state index is -4.72. The van der Waals surface area contributed by atoms with Crippen LogP contribution in [0.25, 0.3) is 11.3 Å². The number of carbonyl (C=O) groups is 1. The Hall–Kier alpha value is -3.07. The zero-order valence-corrected chi connectivity index (χ0v) is 17.1. The number of nitrogens with zero attached hydrogens (tertiary/aromatic N) is 1. The first-order valence-electron chi connectivity index (χ1n) is 9.18. The molecular formula is C22H15ClF6N2O. The summed E-state index contributed by atoms with van der Waals surface area (Å²) >= 11 is 6.04. The average molecular weight is 473 g/mol. The number of rotatable bonds is 4. The monoisotopic (exact) mass is 472 g/mol. The first kappa shape index (κ1) is 23.6. The first-order valence-corrected chi connectivity index (χ1v) is 9.56. The molecule has 3 rings (SSSR count). The van der Waals surface area contributed by atoms with Gasteiger partial charge in [0, 0.05) is 11.8 Å². The fraction of sp³-hybridized carbons (Fsp3) is 0.182. The second-order valence-corrected chi connectivity index (χ2v) is 7.29. The summed E-state index contributed by atoms with van der Waals surface area (Å²) in [5, 5.41) is 2.24. The van der Waals surface area contributed by atoms with Crippen LogP contribution in [0.15, 0.2) is 60.8 Å². The summed E-state index contributed by atoms with van der Waals surface area (Å²) in [5.74, 6) is -0.952. The molecule has 10 heteroatoms. The van der Waals surface area contributed by atoms with E-state index >= 15 is 0 Å². The molecule has 3 nitrogen and oxygen atoms in total. The summed E-state index contributed by atoms with van der Waals surface area (Å²) in [6.07, 6.45) is -8.70. The topological polar surface area (TPSA) is 42.0 Å². The Labute approximate surface area is 184 Å². The van der Waals surface area contributed by atoms with Crippen molar-refractivity contribution < 1.29 is 31.1 Å². The highest BCUT2D eigenvalue weighted by molar-refractivity contribution is 6.33. The minimum Gasteiger partial charge on any atom is -0.345 e. The zero-order chi connectivity index (χ0) is 23.7. The van der Waals surface area contributed by atoms with Gasteiger partial charge in [-0.2, -0.15) is 26.3 Å². The Balaban J connectivity index is 1.94. The lowest BCUT2D eigenvalue weighted by molar-refractivity contribution is -0.138. The number of hydrogen-bond donors (Lipinski definition) is 1. The van der Waals surface area contributed by atoms with Crippen molar-refractivity contribution in [2.45, 2.75) is 25.3 Å². The van der Waals surface area contributed by atoms with Gasteiger partial charge in [0.2, 0.25) is 0 Å². The van der Waals surface area contributed by atoms with Gasteiger partial charge in [-0.25, -0.2) is 0 Å². The van der Waals surface area contributed by atoms with E-state index in [4.69, 9.17) is 11.6 Å². The molecule has 2 aromatic carbocycles. The third kappa shape index (κ3) is 5.04. The standard InChI is InChI=1S/C22H15ClF6N2O/c1-12(31-20(32)16-8-4-5-9-17(16)22(27,28)29)14-6-2-3-7-15(14)19-18(23)10-13(11-30-19)21(24,25)26/h2-12H,1H3,(H,31,32). The molecule has 1 atom stereocenters. The van der Waals surface area contributed by atoms with Crippen LogP contribution in [0.1, 0.15) is 40.0 Å². The molecule has 0 bridgehead atoms. The minimum absolute atomic E-state index is 0.0482. The van der Waals surface area contributed by atoms with Crippen LogP contribution in [0.4, 0.5) is 26.3 Å². The van der Waals surface area contributed by atoms with E-state index < -0.39 is 41.0 Å². The summed E-state index contributed by atoms with van der Waals surface area (Å²) in [6, 6.07) is 10.6. The van der Waals surface area contributed by atoms with Crippen molar-refractivity contribution in [3.05, 3.63) is 88.1 Å². The molecule has 1 heterocycles. The van der Waals surface area contributed by atoms with Crippen LogP contribution >= 0.6 is 11.6 Å². The predicted molar refractivity (Wildman–Crippen MR) is 107 cm³/mol. The SMILES string of the molecule is CC(NC(=O)c1ccccc1C(F)(F)F)c1ccccc1-c1ncc(C(F)(F)F)cc1Cl. The van der Waals surface area contributed by atoms with Crippen LogP contribution in [0.3, 0.4) is 0 Å². The largest absolute Gasteiger partial charge is 0.417 e. The van der Waals surface area contributed by atoms with Crippen molar-refractivity contribution in [2.24, 2.45) is 0 Å². The number of alkyl halides is 6. The fourth-order valence-corrected chi connectivity index (χ4v) is 3.43. The van der Waals surface area contributed by atoms with E-state index in [2.05, 4.69) is 10.3 Å². The number of pyridine rings is 1. The molecule has 1 amide bonds. The van der Waals surface area contributed by atoms with E-state index in [1.54, 1.807) is 24.3 Å². The second-order valence-electron chi connectivity index (χ2n) is 6.88. The van der Waals surface area contributed by atoms with E-state index in [9.17, 15) is 31.1 Å². The molecule has 0 saturated heterocycles. The number of aromatic nitrogens is 1. The van der Waals surface area contributed by atoms with Crippen LogP contribution < -0.4 is 5.32 Å². The number of hydrogen-bond acceptors (Lipinski definition) is 2.